The molecule has 0 spiro atoms. The quantitative estimate of drug-likeness (QED) is 0.274. The molecule has 0 aromatic heterocycles. The van der Waals surface area contributed by atoms with Crippen molar-refractivity contribution < 1.29 is 42.2 Å². The zero-order chi connectivity index (χ0) is 30.9. The number of nitrogens with zero attached hydrogens (tertiary/aromatic N) is 2. The van der Waals surface area contributed by atoms with Gasteiger partial charge in [-0.15, -0.1) is 0 Å². The predicted octanol–water partition coefficient (Wildman–Crippen LogP) is 2.39. The molecule has 1 unspecified atom stereocenters. The number of benzene rings is 2. The second-order valence-corrected chi connectivity index (χ2v) is 11.1. The second-order valence-electron chi connectivity index (χ2n) is 10.1. The SMILES string of the molecule is CSCCC(NC(=O)CN(Cc1cccc2ccccc12)C[C@@H]1CCCN1C(=O)[C@@H](N)COC(=O)C(F)(F)F)C(=O)O. The summed E-state index contributed by atoms with van der Waals surface area (Å²) >= 11 is 1.47. The number of halogens is 3. The van der Waals surface area contributed by atoms with Gasteiger partial charge in [-0.2, -0.15) is 24.9 Å². The lowest BCUT2D eigenvalue weighted by Gasteiger charge is -2.32. The minimum Gasteiger partial charge on any atom is -0.480 e. The first-order chi connectivity index (χ1) is 19.9. The van der Waals surface area contributed by atoms with Crippen LogP contribution < -0.4 is 11.1 Å². The van der Waals surface area contributed by atoms with Gasteiger partial charge in [0.2, 0.25) is 11.8 Å². The smallest absolute Gasteiger partial charge is 0.480 e. The average Bonchev–Trinajstić information content (AvgIpc) is 3.40. The van der Waals surface area contributed by atoms with E-state index < -0.39 is 54.7 Å². The highest BCUT2D eigenvalue weighted by atomic mass is 32.2. The van der Waals surface area contributed by atoms with Crippen LogP contribution in [0.2, 0.25) is 0 Å². The van der Waals surface area contributed by atoms with E-state index in [1.165, 1.54) is 16.7 Å². The lowest BCUT2D eigenvalue weighted by Crippen LogP contribution is -2.52. The number of rotatable bonds is 14. The van der Waals surface area contributed by atoms with Crippen LogP contribution in [-0.4, -0.2) is 101 Å². The van der Waals surface area contributed by atoms with Crippen LogP contribution >= 0.6 is 11.8 Å². The van der Waals surface area contributed by atoms with E-state index in [0.29, 0.717) is 31.7 Å². The minimum atomic E-state index is -5.20. The van der Waals surface area contributed by atoms with Crippen molar-refractivity contribution in [3.63, 3.8) is 0 Å². The van der Waals surface area contributed by atoms with Crippen LogP contribution in [0.1, 0.15) is 24.8 Å². The summed E-state index contributed by atoms with van der Waals surface area (Å²) in [4.78, 5) is 52.1. The fourth-order valence-corrected chi connectivity index (χ4v) is 5.41. The summed E-state index contributed by atoms with van der Waals surface area (Å²) in [5.74, 6) is -4.16. The highest BCUT2D eigenvalue weighted by molar-refractivity contribution is 7.98. The van der Waals surface area contributed by atoms with Gasteiger partial charge >= 0.3 is 18.1 Å². The molecule has 42 heavy (non-hydrogen) atoms. The van der Waals surface area contributed by atoms with Gasteiger partial charge < -0.3 is 25.8 Å². The minimum absolute atomic E-state index is 0.153. The maximum absolute atomic E-state index is 13.0. The van der Waals surface area contributed by atoms with Crippen molar-refractivity contribution in [1.82, 2.24) is 15.1 Å². The van der Waals surface area contributed by atoms with Gasteiger partial charge in [-0.3, -0.25) is 14.5 Å². The van der Waals surface area contributed by atoms with Gasteiger partial charge in [0.25, 0.3) is 0 Å². The van der Waals surface area contributed by atoms with Crippen LogP contribution in [0.25, 0.3) is 10.8 Å². The maximum atomic E-state index is 13.0. The summed E-state index contributed by atoms with van der Waals surface area (Å²) in [6.45, 7) is -0.241. The summed E-state index contributed by atoms with van der Waals surface area (Å²) in [5.41, 5.74) is 6.72. The van der Waals surface area contributed by atoms with Gasteiger partial charge in [-0.1, -0.05) is 42.5 Å². The number of hydrogen-bond acceptors (Lipinski definition) is 8. The third-order valence-corrected chi connectivity index (χ3v) is 7.60. The van der Waals surface area contributed by atoms with Crippen molar-refractivity contribution in [2.75, 3.05) is 38.2 Å². The van der Waals surface area contributed by atoms with Crippen LogP contribution in [0.5, 0.6) is 0 Å². The number of carboxylic acid groups (broad SMARTS) is 1. The molecule has 3 atom stereocenters. The number of amides is 2. The highest BCUT2D eigenvalue weighted by Gasteiger charge is 2.42. The van der Waals surface area contributed by atoms with Crippen molar-refractivity contribution in [3.8, 4) is 0 Å². The standard InChI is InChI=1S/C28H35F3N4O6S/c1-42-13-11-23(26(38)39)33-24(36)16-34(14-19-8-4-7-18-6-2-3-10-21(18)19)15-20-9-5-12-35(20)25(37)22(32)17-41-27(40)28(29,30)31/h2-4,6-8,10,20,22-23H,5,9,11-17,32H2,1H3,(H,33,36)(H,38,39)/t20-,22-,23?/m0/s1. The number of likely N-dealkylation sites (tertiary alicyclic amines) is 1. The molecule has 0 aliphatic carbocycles. The summed E-state index contributed by atoms with van der Waals surface area (Å²) in [5, 5.41) is 14.1. The Labute approximate surface area is 245 Å². The fourth-order valence-electron chi connectivity index (χ4n) is 4.94. The van der Waals surface area contributed by atoms with E-state index in [0.717, 1.165) is 16.3 Å². The first-order valence-corrected chi connectivity index (χ1v) is 14.8. The Kier molecular flexibility index (Phi) is 12.0. The van der Waals surface area contributed by atoms with Gasteiger partial charge in [-0.25, -0.2) is 9.59 Å². The number of carbonyl (C=O) groups excluding carboxylic acids is 3. The van der Waals surface area contributed by atoms with Crippen molar-refractivity contribution in [2.45, 2.75) is 50.1 Å². The molecule has 14 heteroatoms. The number of ether oxygens (including phenoxy) is 1. The predicted molar refractivity (Wildman–Crippen MR) is 152 cm³/mol. The molecule has 2 aromatic rings. The third kappa shape index (κ3) is 9.33. The topological polar surface area (TPSA) is 142 Å². The number of carboxylic acids is 1. The summed E-state index contributed by atoms with van der Waals surface area (Å²) in [7, 11) is 0. The third-order valence-electron chi connectivity index (χ3n) is 6.96. The Morgan fingerprint density at radius 1 is 1.19 bits per heavy atom. The summed E-state index contributed by atoms with van der Waals surface area (Å²) < 4.78 is 41.6. The molecule has 0 saturated carbocycles. The monoisotopic (exact) mass is 612 g/mol. The summed E-state index contributed by atoms with van der Waals surface area (Å²) in [6.07, 6.45) is -1.94. The Hall–Kier alpha value is -3.36. The normalized spacial score (nSPS) is 16.8. The zero-order valence-electron chi connectivity index (χ0n) is 23.1. The number of nitrogens with one attached hydrogen (secondary N) is 1. The highest BCUT2D eigenvalue weighted by Crippen LogP contribution is 2.24. The molecule has 1 aliphatic heterocycles. The van der Waals surface area contributed by atoms with Crippen LogP contribution in [0.15, 0.2) is 42.5 Å². The molecule has 2 amide bonds. The fraction of sp³-hybridized carbons (Fsp3) is 0.500. The zero-order valence-corrected chi connectivity index (χ0v) is 24.0. The number of nitrogens with two attached hydrogens (primary N) is 1. The molecule has 1 saturated heterocycles. The molecule has 0 radical (unpaired) electrons. The first-order valence-electron chi connectivity index (χ1n) is 13.4. The molecule has 1 heterocycles. The second kappa shape index (κ2) is 15.2. The molecular formula is C28H35F3N4O6S. The molecule has 2 aromatic carbocycles. The van der Waals surface area contributed by atoms with Gasteiger partial charge in [0, 0.05) is 25.7 Å². The largest absolute Gasteiger partial charge is 0.490 e. The lowest BCUT2D eigenvalue weighted by molar-refractivity contribution is -0.200. The van der Waals surface area contributed by atoms with E-state index >= 15 is 0 Å². The molecule has 230 valence electrons. The number of thioether (sulfide) groups is 1. The molecule has 10 nitrogen and oxygen atoms in total. The van der Waals surface area contributed by atoms with E-state index in [1.54, 1.807) is 0 Å². The van der Waals surface area contributed by atoms with Gasteiger partial charge in [0.05, 0.1) is 6.54 Å². The lowest BCUT2D eigenvalue weighted by atomic mass is 10.0. The van der Waals surface area contributed by atoms with Crippen molar-refractivity contribution in [2.24, 2.45) is 5.73 Å². The molecule has 0 bridgehead atoms. The molecule has 1 fully saturated rings. The number of carbonyl (C=O) groups is 4. The van der Waals surface area contributed by atoms with E-state index in [-0.39, 0.29) is 19.5 Å². The summed E-state index contributed by atoms with van der Waals surface area (Å²) in [6, 6.07) is 10.6. The molecule has 4 N–H and O–H groups in total. The van der Waals surface area contributed by atoms with Crippen LogP contribution in [-0.2, 0) is 30.5 Å². The van der Waals surface area contributed by atoms with Gasteiger partial charge in [0.15, 0.2) is 0 Å². The average molecular weight is 613 g/mol. The molecular weight excluding hydrogens is 577 g/mol. The Morgan fingerprint density at radius 2 is 1.90 bits per heavy atom. The van der Waals surface area contributed by atoms with Crippen LogP contribution in [0.4, 0.5) is 13.2 Å². The maximum Gasteiger partial charge on any atom is 0.490 e. The Balaban J connectivity index is 1.77. The van der Waals surface area contributed by atoms with E-state index in [2.05, 4.69) is 10.1 Å². The van der Waals surface area contributed by atoms with Gasteiger partial charge in [-0.05, 0) is 47.6 Å². The van der Waals surface area contributed by atoms with Crippen molar-refractivity contribution >= 4 is 46.3 Å². The van der Waals surface area contributed by atoms with Gasteiger partial charge in [0.1, 0.15) is 18.7 Å². The number of alkyl halides is 3. The Bertz CT molecular complexity index is 1260. The first kappa shape index (κ1) is 33.1. The molecule has 3 rings (SSSR count). The number of esters is 1. The number of aliphatic carboxylic acids is 1. The number of fused-ring (bicyclic) bond motifs is 1. The van der Waals surface area contributed by atoms with E-state index in [1.807, 2.05) is 53.6 Å². The Morgan fingerprint density at radius 3 is 2.60 bits per heavy atom. The van der Waals surface area contributed by atoms with Crippen LogP contribution in [0.3, 0.4) is 0 Å². The van der Waals surface area contributed by atoms with Crippen molar-refractivity contribution in [3.05, 3.63) is 48.0 Å². The van der Waals surface area contributed by atoms with Crippen molar-refractivity contribution in [1.29, 1.82) is 0 Å². The van der Waals surface area contributed by atoms with E-state index in [4.69, 9.17) is 5.73 Å². The molecule has 1 aliphatic rings. The number of hydrogen-bond donors (Lipinski definition) is 3. The van der Waals surface area contributed by atoms with E-state index in [9.17, 15) is 37.5 Å². The van der Waals surface area contributed by atoms with Crippen LogP contribution in [0, 0.1) is 0 Å².